The van der Waals surface area contributed by atoms with Crippen LogP contribution in [0.4, 0.5) is 0 Å². The average Bonchev–Trinajstić information content (AvgIpc) is 2.94. The van der Waals surface area contributed by atoms with E-state index in [2.05, 4.69) is 10.3 Å². The Morgan fingerprint density at radius 2 is 2.11 bits per heavy atom. The highest BCUT2D eigenvalue weighted by molar-refractivity contribution is 6.03. The van der Waals surface area contributed by atoms with E-state index in [-0.39, 0.29) is 0 Å². The molecular formula is C13H13N4O2+. The third-order valence-electron chi connectivity index (χ3n) is 2.95. The molecule has 0 unspecified atom stereocenters. The molecule has 19 heavy (non-hydrogen) atoms. The highest BCUT2D eigenvalue weighted by atomic mass is 16.5. The van der Waals surface area contributed by atoms with Gasteiger partial charge in [-0.1, -0.05) is 40.3 Å². The van der Waals surface area contributed by atoms with Crippen LogP contribution in [0.25, 0.3) is 16.8 Å². The molecule has 2 heterocycles. The second-order valence-electron chi connectivity index (χ2n) is 4.19. The van der Waals surface area contributed by atoms with E-state index in [4.69, 9.17) is 4.74 Å². The van der Waals surface area contributed by atoms with Gasteiger partial charge >= 0.3 is 11.6 Å². The Bertz CT molecular complexity index is 743. The highest BCUT2D eigenvalue weighted by Gasteiger charge is 2.26. The molecule has 96 valence electrons. The second-order valence-corrected chi connectivity index (χ2v) is 4.19. The van der Waals surface area contributed by atoms with Crippen LogP contribution in [-0.2, 0) is 11.8 Å². The van der Waals surface area contributed by atoms with Crippen LogP contribution < -0.4 is 4.80 Å². The summed E-state index contributed by atoms with van der Waals surface area (Å²) in [4.78, 5) is 13.5. The maximum atomic E-state index is 12.0. The number of fused-ring (bicyclic) bond motifs is 1. The minimum absolute atomic E-state index is 0.395. The maximum Gasteiger partial charge on any atom is 0.344 e. The van der Waals surface area contributed by atoms with Crippen molar-refractivity contribution in [3.63, 3.8) is 0 Å². The molecule has 0 spiro atoms. The summed E-state index contributed by atoms with van der Waals surface area (Å²) in [5.41, 5.74) is 2.76. The molecule has 6 nitrogen and oxygen atoms in total. The van der Waals surface area contributed by atoms with Gasteiger partial charge in [0.15, 0.2) is 0 Å². The highest BCUT2D eigenvalue weighted by Crippen LogP contribution is 2.27. The molecule has 0 aliphatic carbocycles. The number of esters is 1. The van der Waals surface area contributed by atoms with Gasteiger partial charge in [0, 0.05) is 5.56 Å². The molecule has 2 aromatic heterocycles. The average molecular weight is 257 g/mol. The van der Waals surface area contributed by atoms with Crippen molar-refractivity contribution in [1.29, 1.82) is 0 Å². The predicted molar refractivity (Wildman–Crippen MR) is 67.5 cm³/mol. The molecule has 1 aromatic carbocycles. The van der Waals surface area contributed by atoms with E-state index < -0.39 is 5.97 Å². The van der Waals surface area contributed by atoms with E-state index in [1.54, 1.807) is 11.6 Å². The topological polar surface area (TPSA) is 63.3 Å². The van der Waals surface area contributed by atoms with E-state index in [0.29, 0.717) is 11.2 Å². The third-order valence-corrected chi connectivity index (χ3v) is 2.95. The van der Waals surface area contributed by atoms with Crippen LogP contribution in [0.15, 0.2) is 36.5 Å². The zero-order valence-electron chi connectivity index (χ0n) is 10.6. The summed E-state index contributed by atoms with van der Waals surface area (Å²) in [5.74, 6) is -0.395. The van der Waals surface area contributed by atoms with Crippen molar-refractivity contribution in [2.45, 2.75) is 0 Å². The second kappa shape index (κ2) is 4.24. The van der Waals surface area contributed by atoms with Gasteiger partial charge in [0.05, 0.1) is 7.11 Å². The fourth-order valence-electron chi connectivity index (χ4n) is 2.13. The van der Waals surface area contributed by atoms with Crippen molar-refractivity contribution in [3.05, 3.63) is 42.1 Å². The smallest absolute Gasteiger partial charge is 0.344 e. The lowest BCUT2D eigenvalue weighted by atomic mass is 10.0. The standard InChI is InChI=1S/C13H12N4O2/c1-16-14-12-11(13(18)19-2)10(8-17(12)15-16)9-6-4-3-5-7-9/h3-8H,1-2H3/p+1. The van der Waals surface area contributed by atoms with Crippen LogP contribution in [0.5, 0.6) is 0 Å². The first-order chi connectivity index (χ1) is 9.20. The number of benzene rings is 1. The number of hydrogen-bond acceptors (Lipinski definition) is 3. The number of tetrazole rings is 1. The van der Waals surface area contributed by atoms with E-state index in [0.717, 1.165) is 11.1 Å². The number of carbonyl (C=O) groups is 1. The lowest BCUT2D eigenvalue weighted by Gasteiger charge is -2.00. The maximum absolute atomic E-state index is 12.0. The van der Waals surface area contributed by atoms with Crippen LogP contribution in [0.3, 0.4) is 0 Å². The zero-order valence-corrected chi connectivity index (χ0v) is 10.6. The number of ether oxygens (including phenoxy) is 1. The van der Waals surface area contributed by atoms with Gasteiger partial charge in [-0.05, 0) is 10.7 Å². The third kappa shape index (κ3) is 1.77. The number of methoxy groups -OCH3 is 1. The van der Waals surface area contributed by atoms with Gasteiger partial charge in [-0.25, -0.2) is 4.79 Å². The summed E-state index contributed by atoms with van der Waals surface area (Å²) in [6.45, 7) is 0. The summed E-state index contributed by atoms with van der Waals surface area (Å²) in [5, 5.41) is 7.23. The Morgan fingerprint density at radius 1 is 1.37 bits per heavy atom. The number of rotatable bonds is 2. The molecular weight excluding hydrogens is 244 g/mol. The summed E-state index contributed by atoms with van der Waals surface area (Å²) in [6.07, 6.45) is 1.84. The number of hydrogen-bond donors (Lipinski definition) is 1. The van der Waals surface area contributed by atoms with E-state index in [9.17, 15) is 4.79 Å². The van der Waals surface area contributed by atoms with Crippen molar-refractivity contribution in [3.8, 4) is 11.1 Å². The number of aromatic amines is 1. The van der Waals surface area contributed by atoms with Crippen LogP contribution in [0.2, 0.25) is 0 Å². The van der Waals surface area contributed by atoms with Gasteiger partial charge in [-0.3, -0.25) is 0 Å². The normalized spacial score (nSPS) is 10.8. The molecule has 1 N–H and O–H groups in total. The predicted octanol–water partition coefficient (Wildman–Crippen LogP) is 0.940. The molecule has 0 aliphatic rings. The number of aromatic nitrogens is 4. The van der Waals surface area contributed by atoms with Crippen molar-refractivity contribution in [1.82, 2.24) is 14.8 Å². The Kier molecular flexibility index (Phi) is 2.56. The van der Waals surface area contributed by atoms with E-state index in [1.807, 2.05) is 36.5 Å². The van der Waals surface area contributed by atoms with Gasteiger partial charge in [0.25, 0.3) is 0 Å². The van der Waals surface area contributed by atoms with Crippen LogP contribution in [-0.4, -0.2) is 27.9 Å². The summed E-state index contributed by atoms with van der Waals surface area (Å²) < 4.78 is 6.56. The molecule has 0 saturated carbocycles. The largest absolute Gasteiger partial charge is 0.465 e. The van der Waals surface area contributed by atoms with Crippen molar-refractivity contribution in [2.24, 2.45) is 7.05 Å². The molecule has 0 bridgehead atoms. The Balaban J connectivity index is 2.30. The molecule has 0 radical (unpaired) electrons. The minimum Gasteiger partial charge on any atom is -0.465 e. The van der Waals surface area contributed by atoms with Crippen LogP contribution in [0.1, 0.15) is 10.4 Å². The SMILES string of the molecule is COC(=O)c1c(-c2ccccc2)cn2[nH][n+](C)nc12. The lowest BCUT2D eigenvalue weighted by molar-refractivity contribution is -0.783. The van der Waals surface area contributed by atoms with Gasteiger partial charge in [0.1, 0.15) is 18.8 Å². The summed E-state index contributed by atoms with van der Waals surface area (Å²) >= 11 is 0. The molecule has 0 amide bonds. The van der Waals surface area contributed by atoms with Gasteiger partial charge in [0.2, 0.25) is 0 Å². The first kappa shape index (κ1) is 11.5. The Morgan fingerprint density at radius 3 is 2.79 bits per heavy atom. The zero-order chi connectivity index (χ0) is 13.4. The number of nitrogens with zero attached hydrogens (tertiary/aromatic N) is 3. The van der Waals surface area contributed by atoms with Crippen molar-refractivity contribution >= 4 is 11.6 Å². The molecule has 3 aromatic rings. The Labute approximate surface area is 109 Å². The molecule has 3 rings (SSSR count). The number of carbonyl (C=O) groups excluding carboxylic acids is 1. The minimum atomic E-state index is -0.395. The van der Waals surface area contributed by atoms with Crippen LogP contribution >= 0.6 is 0 Å². The summed E-state index contributed by atoms with van der Waals surface area (Å²) in [6, 6.07) is 9.68. The van der Waals surface area contributed by atoms with Gasteiger partial charge < -0.3 is 4.74 Å². The number of nitrogens with one attached hydrogen (secondary N) is 1. The molecule has 0 fully saturated rings. The number of H-pyrrole nitrogens is 1. The fourth-order valence-corrected chi connectivity index (χ4v) is 2.13. The lowest BCUT2D eigenvalue weighted by Crippen LogP contribution is -2.33. The van der Waals surface area contributed by atoms with Crippen molar-refractivity contribution in [2.75, 3.05) is 7.11 Å². The van der Waals surface area contributed by atoms with Gasteiger partial charge in [-0.2, -0.15) is 0 Å². The summed E-state index contributed by atoms with van der Waals surface area (Å²) in [7, 11) is 3.13. The number of aryl methyl sites for hydroxylation is 1. The quantitative estimate of drug-likeness (QED) is 0.549. The van der Waals surface area contributed by atoms with Crippen molar-refractivity contribution < 1.29 is 14.3 Å². The molecule has 0 saturated heterocycles. The monoisotopic (exact) mass is 257 g/mol. The van der Waals surface area contributed by atoms with Crippen LogP contribution in [0, 0.1) is 0 Å². The van der Waals surface area contributed by atoms with E-state index >= 15 is 0 Å². The first-order valence-corrected chi connectivity index (χ1v) is 5.82. The molecule has 0 atom stereocenters. The fraction of sp³-hybridized carbons (Fsp3) is 0.154. The first-order valence-electron chi connectivity index (χ1n) is 5.82. The van der Waals surface area contributed by atoms with Gasteiger partial charge in [-0.15, -0.1) is 4.52 Å². The van der Waals surface area contributed by atoms with E-state index in [1.165, 1.54) is 11.9 Å². The Hall–Kier alpha value is -2.63. The molecule has 6 heteroatoms. The molecule has 0 aliphatic heterocycles.